The van der Waals surface area contributed by atoms with E-state index in [1.54, 1.807) is 0 Å². The zero-order valence-electron chi connectivity index (χ0n) is 8.57. The van der Waals surface area contributed by atoms with Crippen molar-refractivity contribution >= 4 is 11.6 Å². The van der Waals surface area contributed by atoms with Crippen molar-refractivity contribution in [3.05, 3.63) is 22.7 Å². The third-order valence-electron chi connectivity index (χ3n) is 2.63. The average Bonchev–Trinajstić information content (AvgIpc) is 2.51. The highest BCUT2D eigenvalue weighted by Gasteiger charge is 2.52. The molecule has 1 N–H and O–H groups in total. The van der Waals surface area contributed by atoms with E-state index in [1.165, 1.54) is 0 Å². The zero-order chi connectivity index (χ0) is 12.8. The second-order valence-electron chi connectivity index (χ2n) is 3.76. The van der Waals surface area contributed by atoms with Crippen molar-refractivity contribution in [3.63, 3.8) is 0 Å². The van der Waals surface area contributed by atoms with Gasteiger partial charge in [-0.1, -0.05) is 0 Å². The lowest BCUT2D eigenvalue weighted by Crippen LogP contribution is -2.39. The van der Waals surface area contributed by atoms with E-state index in [0.717, 1.165) is 13.1 Å². The molecule has 0 amide bonds. The van der Waals surface area contributed by atoms with E-state index >= 15 is 0 Å². The van der Waals surface area contributed by atoms with E-state index in [0.29, 0.717) is 0 Å². The molecule has 1 aliphatic heterocycles. The van der Waals surface area contributed by atoms with Crippen molar-refractivity contribution < 1.29 is 23.0 Å². The van der Waals surface area contributed by atoms with Crippen LogP contribution in [0.5, 0.6) is 0 Å². The summed E-state index contributed by atoms with van der Waals surface area (Å²) in [5.74, 6) is 0. The Morgan fingerprint density at radius 1 is 1.53 bits per heavy atom. The van der Waals surface area contributed by atoms with Crippen LogP contribution in [0.1, 0.15) is 24.5 Å². The first-order valence-electron chi connectivity index (χ1n) is 4.67. The van der Waals surface area contributed by atoms with Crippen LogP contribution in [0.3, 0.4) is 0 Å². The lowest BCUT2D eigenvalue weighted by Gasteiger charge is -2.27. The normalized spacial score (nSPS) is 29.5. The Labute approximate surface area is 99.4 Å². The predicted molar refractivity (Wildman–Crippen MR) is 51.3 cm³/mol. The van der Waals surface area contributed by atoms with Crippen molar-refractivity contribution in [1.82, 2.24) is 9.97 Å². The first kappa shape index (κ1) is 12.5. The summed E-state index contributed by atoms with van der Waals surface area (Å²) in [6, 6.07) is 0. The second-order valence-corrected chi connectivity index (χ2v) is 4.09. The van der Waals surface area contributed by atoms with Crippen LogP contribution in [0, 0.1) is 0 Å². The summed E-state index contributed by atoms with van der Waals surface area (Å²) in [6.45, 7) is 1.09. The lowest BCUT2D eigenvalue weighted by molar-refractivity contribution is -0.207. The van der Waals surface area contributed by atoms with Crippen LogP contribution in [-0.2, 0) is 10.3 Å². The van der Waals surface area contributed by atoms with Gasteiger partial charge >= 0.3 is 0 Å². The molecule has 0 radical (unpaired) electrons. The summed E-state index contributed by atoms with van der Waals surface area (Å²) >= 11 is 5.51. The Morgan fingerprint density at radius 2 is 2.18 bits per heavy atom. The number of hydrogen-bond donors (Lipinski definition) is 1. The van der Waals surface area contributed by atoms with Gasteiger partial charge in [0, 0.05) is 6.20 Å². The maximum atomic E-state index is 13.5. The molecule has 0 bridgehead atoms. The molecule has 0 fully saturated rings. The fourth-order valence-corrected chi connectivity index (χ4v) is 1.87. The molecule has 3 atom stereocenters. The number of halogens is 4. The topological polar surface area (TPSA) is 55.2 Å². The van der Waals surface area contributed by atoms with Gasteiger partial charge in [0.1, 0.15) is 5.60 Å². The molecule has 8 heteroatoms. The van der Waals surface area contributed by atoms with E-state index in [4.69, 9.17) is 16.3 Å². The van der Waals surface area contributed by atoms with Crippen molar-refractivity contribution in [2.75, 3.05) is 0 Å². The van der Waals surface area contributed by atoms with Gasteiger partial charge in [-0.05, 0) is 18.5 Å². The van der Waals surface area contributed by atoms with Crippen molar-refractivity contribution in [3.8, 4) is 0 Å². The molecule has 0 aliphatic carbocycles. The molecule has 1 aromatic rings. The van der Waals surface area contributed by atoms with E-state index in [1.807, 2.05) is 0 Å². The Bertz CT molecular complexity index is 448. The van der Waals surface area contributed by atoms with Gasteiger partial charge in [-0.2, -0.15) is 0 Å². The fourth-order valence-electron chi connectivity index (χ4n) is 1.74. The minimum absolute atomic E-state index is 0.0419. The number of aromatic nitrogens is 2. The van der Waals surface area contributed by atoms with Crippen LogP contribution in [0.15, 0.2) is 6.20 Å². The van der Waals surface area contributed by atoms with E-state index < -0.39 is 24.5 Å². The smallest absolute Gasteiger partial charge is 0.272 e. The molecule has 0 saturated carbocycles. The number of ether oxygens (including phenoxy) is 1. The second kappa shape index (κ2) is 4.08. The van der Waals surface area contributed by atoms with Crippen LogP contribution >= 0.6 is 11.6 Å². The molecule has 1 aliphatic rings. The van der Waals surface area contributed by atoms with E-state index in [2.05, 4.69) is 9.97 Å². The van der Waals surface area contributed by atoms with Gasteiger partial charge in [-0.25, -0.2) is 23.1 Å². The molecule has 94 valence electrons. The maximum absolute atomic E-state index is 13.5. The van der Waals surface area contributed by atoms with Crippen LogP contribution in [-0.4, -0.2) is 27.7 Å². The average molecular weight is 269 g/mol. The number of hydrogen-bond acceptors (Lipinski definition) is 4. The Kier molecular flexibility index (Phi) is 3.01. The minimum atomic E-state index is -3.26. The summed E-state index contributed by atoms with van der Waals surface area (Å²) in [6.07, 6.45) is -6.29. The maximum Gasteiger partial charge on any atom is 0.272 e. The highest BCUT2D eigenvalue weighted by molar-refractivity contribution is 6.28. The van der Waals surface area contributed by atoms with Gasteiger partial charge in [-0.15, -0.1) is 0 Å². The van der Waals surface area contributed by atoms with Crippen LogP contribution in [0.2, 0.25) is 5.28 Å². The molecular formula is C9H8ClF3N2O2. The highest BCUT2D eigenvalue weighted by atomic mass is 35.5. The Hall–Kier alpha value is -0.920. The summed E-state index contributed by atoms with van der Waals surface area (Å²) in [5, 5.41) is 9.25. The zero-order valence-corrected chi connectivity index (χ0v) is 9.33. The monoisotopic (exact) mass is 268 g/mol. The molecule has 4 nitrogen and oxygen atoms in total. The quantitative estimate of drug-likeness (QED) is 0.833. The molecule has 3 unspecified atom stereocenters. The Morgan fingerprint density at radius 3 is 2.76 bits per heavy atom. The van der Waals surface area contributed by atoms with Gasteiger partial charge in [0.25, 0.3) is 6.43 Å². The number of aliphatic hydroxyl groups excluding tert-OH is 1. The number of rotatable bonds is 2. The number of alkyl halides is 3. The van der Waals surface area contributed by atoms with Crippen LogP contribution in [0.4, 0.5) is 13.2 Å². The third-order valence-corrected chi connectivity index (χ3v) is 2.81. The molecule has 1 aromatic heterocycles. The Balaban J connectivity index is 2.51. The van der Waals surface area contributed by atoms with Crippen molar-refractivity contribution in [2.24, 2.45) is 0 Å². The molecule has 0 saturated heterocycles. The standard InChI is InChI=1S/C9H8ClF3N2O2/c1-9(4(11)6(12)13)5-3(7(16)17-9)2-14-8(10)15-5/h2,4,6-7,16H,1H3. The highest BCUT2D eigenvalue weighted by Crippen LogP contribution is 2.45. The van der Waals surface area contributed by atoms with Gasteiger partial charge < -0.3 is 9.84 Å². The van der Waals surface area contributed by atoms with Gasteiger partial charge in [0.15, 0.2) is 12.5 Å². The van der Waals surface area contributed by atoms with Gasteiger partial charge in [-0.3, -0.25) is 0 Å². The molecule has 17 heavy (non-hydrogen) atoms. The largest absolute Gasteiger partial charge is 0.364 e. The summed E-state index contributed by atoms with van der Waals surface area (Å²) in [5.41, 5.74) is -2.15. The van der Waals surface area contributed by atoms with Gasteiger partial charge in [0.2, 0.25) is 5.28 Å². The van der Waals surface area contributed by atoms with Gasteiger partial charge in [0.05, 0.1) is 11.3 Å². The summed E-state index contributed by atoms with van der Waals surface area (Å²) < 4.78 is 43.2. The van der Waals surface area contributed by atoms with E-state index in [-0.39, 0.29) is 16.5 Å². The number of fused-ring (bicyclic) bond motifs is 1. The fraction of sp³-hybridized carbons (Fsp3) is 0.556. The lowest BCUT2D eigenvalue weighted by atomic mass is 9.95. The SMILES string of the molecule is CC1(C(F)C(F)F)OC(O)c2cnc(Cl)nc21. The van der Waals surface area contributed by atoms with Crippen molar-refractivity contribution in [2.45, 2.75) is 31.4 Å². The molecule has 0 spiro atoms. The minimum Gasteiger partial charge on any atom is -0.364 e. The molecule has 0 aromatic carbocycles. The third kappa shape index (κ3) is 1.88. The number of aliphatic hydroxyl groups is 1. The molecule has 2 rings (SSSR count). The van der Waals surface area contributed by atoms with Crippen molar-refractivity contribution in [1.29, 1.82) is 0 Å². The van der Waals surface area contributed by atoms with Crippen LogP contribution in [0.25, 0.3) is 0 Å². The first-order valence-corrected chi connectivity index (χ1v) is 5.05. The molecular weight excluding hydrogens is 261 g/mol. The first-order chi connectivity index (χ1) is 7.86. The van der Waals surface area contributed by atoms with Crippen LogP contribution < -0.4 is 0 Å². The summed E-state index contributed by atoms with van der Waals surface area (Å²) in [4.78, 5) is 7.23. The molecule has 2 heterocycles. The predicted octanol–water partition coefficient (Wildman–Crippen LogP) is 1.97. The summed E-state index contributed by atoms with van der Waals surface area (Å²) in [7, 11) is 0. The number of nitrogens with zero attached hydrogens (tertiary/aromatic N) is 2. The van der Waals surface area contributed by atoms with E-state index in [9.17, 15) is 18.3 Å².